The standard InChI is InChI=1S/C35H48N2O6/c1-37(2)32-16-11-27(23-34(32)42-22-7-19-38-3)25-43-35-24-36-18-17-31(35)28-12-14-30(15-13-28)41-21-8-20-40-26-29-9-5-6-10-33(29)39-4/h5-6,9-16,23,31,35-36H,7-8,17-22,24-26H2,1-4H3. The number of anilines is 1. The van der Waals surface area contributed by atoms with Gasteiger partial charge in [0.15, 0.2) is 0 Å². The second-order valence-electron chi connectivity index (χ2n) is 11.0. The Kier molecular flexibility index (Phi) is 13.4. The van der Waals surface area contributed by atoms with Crippen molar-refractivity contribution in [2.45, 2.75) is 44.5 Å². The predicted octanol–water partition coefficient (Wildman–Crippen LogP) is 5.82. The molecule has 43 heavy (non-hydrogen) atoms. The lowest BCUT2D eigenvalue weighted by Crippen LogP contribution is -2.40. The van der Waals surface area contributed by atoms with E-state index in [1.54, 1.807) is 14.2 Å². The molecule has 1 aliphatic rings. The smallest absolute Gasteiger partial charge is 0.142 e. The van der Waals surface area contributed by atoms with Crippen LogP contribution in [0.2, 0.25) is 0 Å². The van der Waals surface area contributed by atoms with E-state index in [0.717, 1.165) is 66.4 Å². The summed E-state index contributed by atoms with van der Waals surface area (Å²) in [6.07, 6.45) is 2.78. The Morgan fingerprint density at radius 2 is 1.60 bits per heavy atom. The molecule has 0 amide bonds. The van der Waals surface area contributed by atoms with E-state index in [1.165, 1.54) is 5.56 Å². The van der Waals surface area contributed by atoms with E-state index < -0.39 is 0 Å². The number of nitrogens with one attached hydrogen (secondary N) is 1. The van der Waals surface area contributed by atoms with Crippen molar-refractivity contribution in [3.63, 3.8) is 0 Å². The summed E-state index contributed by atoms with van der Waals surface area (Å²) in [5.41, 5.74) is 4.49. The molecule has 3 aromatic carbocycles. The molecule has 8 nitrogen and oxygen atoms in total. The third-order valence-corrected chi connectivity index (χ3v) is 7.61. The van der Waals surface area contributed by atoms with Gasteiger partial charge in [0.1, 0.15) is 17.2 Å². The maximum absolute atomic E-state index is 6.51. The number of methoxy groups -OCH3 is 2. The summed E-state index contributed by atoms with van der Waals surface area (Å²) < 4.78 is 35.0. The van der Waals surface area contributed by atoms with Gasteiger partial charge < -0.3 is 38.6 Å². The lowest BCUT2D eigenvalue weighted by Gasteiger charge is -2.32. The number of para-hydroxylation sites is 1. The van der Waals surface area contributed by atoms with Crippen LogP contribution in [-0.2, 0) is 27.4 Å². The van der Waals surface area contributed by atoms with Gasteiger partial charge in [-0.1, -0.05) is 36.4 Å². The molecule has 0 bridgehead atoms. The molecule has 3 aromatic rings. The third kappa shape index (κ3) is 10.1. The van der Waals surface area contributed by atoms with Gasteiger partial charge in [0.05, 0.1) is 51.9 Å². The summed E-state index contributed by atoms with van der Waals surface area (Å²) in [6, 6.07) is 22.7. The van der Waals surface area contributed by atoms with Gasteiger partial charge in [-0.25, -0.2) is 0 Å². The maximum atomic E-state index is 6.51. The van der Waals surface area contributed by atoms with E-state index in [-0.39, 0.29) is 6.10 Å². The first kappa shape index (κ1) is 32.6. The molecule has 1 saturated heterocycles. The van der Waals surface area contributed by atoms with Gasteiger partial charge in [-0.2, -0.15) is 0 Å². The second kappa shape index (κ2) is 17.7. The van der Waals surface area contributed by atoms with Crippen LogP contribution in [0.15, 0.2) is 66.7 Å². The highest BCUT2D eigenvalue weighted by atomic mass is 16.5. The van der Waals surface area contributed by atoms with E-state index in [9.17, 15) is 0 Å². The van der Waals surface area contributed by atoms with Gasteiger partial charge in [-0.15, -0.1) is 0 Å². The van der Waals surface area contributed by atoms with Crippen LogP contribution in [-0.4, -0.2) is 73.9 Å². The molecule has 0 saturated carbocycles. The summed E-state index contributed by atoms with van der Waals surface area (Å²) in [4.78, 5) is 2.07. The maximum Gasteiger partial charge on any atom is 0.142 e. The Labute approximate surface area is 257 Å². The first-order valence-electron chi connectivity index (χ1n) is 15.3. The van der Waals surface area contributed by atoms with Crippen LogP contribution in [0.1, 0.15) is 41.9 Å². The zero-order valence-electron chi connectivity index (χ0n) is 26.2. The Bertz CT molecular complexity index is 1220. The van der Waals surface area contributed by atoms with Crippen molar-refractivity contribution in [3.05, 3.63) is 83.4 Å². The zero-order chi connectivity index (χ0) is 30.3. The number of rotatable bonds is 18. The fourth-order valence-electron chi connectivity index (χ4n) is 5.28. The molecule has 234 valence electrons. The zero-order valence-corrected chi connectivity index (χ0v) is 26.2. The van der Waals surface area contributed by atoms with Crippen molar-refractivity contribution >= 4 is 5.69 Å². The minimum atomic E-state index is 0.0838. The minimum Gasteiger partial charge on any atom is -0.496 e. The minimum absolute atomic E-state index is 0.0838. The molecular formula is C35H48N2O6. The first-order valence-corrected chi connectivity index (χ1v) is 15.3. The van der Waals surface area contributed by atoms with Gasteiger partial charge in [-0.05, 0) is 54.4 Å². The average molecular weight is 593 g/mol. The molecule has 0 aromatic heterocycles. The molecule has 8 heteroatoms. The van der Waals surface area contributed by atoms with Crippen LogP contribution in [0.5, 0.6) is 17.2 Å². The molecule has 2 atom stereocenters. The van der Waals surface area contributed by atoms with Crippen LogP contribution in [0.25, 0.3) is 0 Å². The van der Waals surface area contributed by atoms with E-state index in [4.69, 9.17) is 28.4 Å². The number of nitrogens with zero attached hydrogens (tertiary/aromatic N) is 1. The molecular weight excluding hydrogens is 544 g/mol. The van der Waals surface area contributed by atoms with Crippen molar-refractivity contribution in [2.24, 2.45) is 0 Å². The SMILES string of the molecule is COCCCOc1cc(COC2CNCCC2c2ccc(OCCCOCc3ccccc3OC)cc2)ccc1N(C)C. The molecule has 1 heterocycles. The number of hydrogen-bond donors (Lipinski definition) is 1. The van der Waals surface area contributed by atoms with E-state index in [1.807, 2.05) is 38.4 Å². The van der Waals surface area contributed by atoms with Crippen molar-refractivity contribution in [1.82, 2.24) is 5.32 Å². The molecule has 0 spiro atoms. The first-order chi connectivity index (χ1) is 21.1. The predicted molar refractivity (Wildman–Crippen MR) is 171 cm³/mol. The van der Waals surface area contributed by atoms with Crippen LogP contribution in [0.3, 0.4) is 0 Å². The topological polar surface area (TPSA) is 70.7 Å². The molecule has 0 radical (unpaired) electrons. The van der Waals surface area contributed by atoms with Crippen molar-refractivity contribution in [3.8, 4) is 17.2 Å². The second-order valence-corrected chi connectivity index (χ2v) is 11.0. The van der Waals surface area contributed by atoms with Crippen LogP contribution >= 0.6 is 0 Å². The normalized spacial score (nSPS) is 16.6. The highest BCUT2D eigenvalue weighted by Crippen LogP contribution is 2.32. The van der Waals surface area contributed by atoms with Gasteiger partial charge >= 0.3 is 0 Å². The average Bonchev–Trinajstić information content (AvgIpc) is 3.04. The summed E-state index contributed by atoms with van der Waals surface area (Å²) in [6.45, 7) is 5.41. The van der Waals surface area contributed by atoms with Crippen molar-refractivity contribution in [1.29, 1.82) is 0 Å². The van der Waals surface area contributed by atoms with Crippen molar-refractivity contribution in [2.75, 3.05) is 72.7 Å². The largest absolute Gasteiger partial charge is 0.496 e. The molecule has 1 N–H and O–H groups in total. The summed E-state index contributed by atoms with van der Waals surface area (Å²) in [7, 11) is 7.45. The fraction of sp³-hybridized carbons (Fsp3) is 0.486. The highest BCUT2D eigenvalue weighted by molar-refractivity contribution is 5.58. The van der Waals surface area contributed by atoms with Gasteiger partial charge in [-0.3, -0.25) is 0 Å². The molecule has 4 rings (SSSR count). The quantitative estimate of drug-likeness (QED) is 0.185. The Balaban J connectivity index is 1.24. The van der Waals surface area contributed by atoms with Gasteiger partial charge in [0.2, 0.25) is 0 Å². The Hall–Kier alpha value is -3.30. The summed E-state index contributed by atoms with van der Waals surface area (Å²) in [5, 5.41) is 3.51. The molecule has 1 fully saturated rings. The molecule has 1 aliphatic heterocycles. The molecule has 2 unspecified atom stereocenters. The monoisotopic (exact) mass is 592 g/mol. The number of benzene rings is 3. The number of hydrogen-bond acceptors (Lipinski definition) is 8. The van der Waals surface area contributed by atoms with Gasteiger partial charge in [0, 0.05) is 58.7 Å². The third-order valence-electron chi connectivity index (χ3n) is 7.61. The Morgan fingerprint density at radius 3 is 2.40 bits per heavy atom. The van der Waals surface area contributed by atoms with Crippen LogP contribution < -0.4 is 24.4 Å². The fourth-order valence-corrected chi connectivity index (χ4v) is 5.28. The van der Waals surface area contributed by atoms with E-state index in [0.29, 0.717) is 45.6 Å². The van der Waals surface area contributed by atoms with E-state index >= 15 is 0 Å². The van der Waals surface area contributed by atoms with E-state index in [2.05, 4.69) is 52.7 Å². The van der Waals surface area contributed by atoms with Crippen LogP contribution in [0.4, 0.5) is 5.69 Å². The molecule has 0 aliphatic carbocycles. The lowest BCUT2D eigenvalue weighted by atomic mass is 9.87. The number of ether oxygens (including phenoxy) is 6. The van der Waals surface area contributed by atoms with Crippen molar-refractivity contribution < 1.29 is 28.4 Å². The Morgan fingerprint density at radius 1 is 0.814 bits per heavy atom. The number of piperidine rings is 1. The van der Waals surface area contributed by atoms with Gasteiger partial charge in [0.25, 0.3) is 0 Å². The lowest BCUT2D eigenvalue weighted by molar-refractivity contribution is 0.0105. The van der Waals surface area contributed by atoms with Crippen LogP contribution in [0, 0.1) is 0 Å². The highest BCUT2D eigenvalue weighted by Gasteiger charge is 2.27. The summed E-state index contributed by atoms with van der Waals surface area (Å²) >= 11 is 0. The summed E-state index contributed by atoms with van der Waals surface area (Å²) in [5.74, 6) is 2.93.